The summed E-state index contributed by atoms with van der Waals surface area (Å²) >= 11 is 5.84. The zero-order chi connectivity index (χ0) is 7.40. The molecule has 1 unspecified atom stereocenters. The minimum atomic E-state index is 0.924. The quantitative estimate of drug-likeness (QED) is 0.575. The molecule has 0 nitrogen and oxygen atoms in total. The van der Waals surface area contributed by atoms with E-state index in [-0.39, 0.29) is 0 Å². The summed E-state index contributed by atoms with van der Waals surface area (Å²) in [5.74, 6) is 0.924. The maximum atomic E-state index is 5.84. The van der Waals surface area contributed by atoms with Crippen LogP contribution in [0.1, 0.15) is 39.0 Å². The van der Waals surface area contributed by atoms with Crippen LogP contribution in [0.15, 0.2) is 11.1 Å². The Morgan fingerprint density at radius 3 is 3.00 bits per heavy atom. The average Bonchev–Trinajstić information content (AvgIpc) is 1.95. The summed E-state index contributed by atoms with van der Waals surface area (Å²) in [5.41, 5.74) is 0. The van der Waals surface area contributed by atoms with E-state index in [1.807, 2.05) is 0 Å². The van der Waals surface area contributed by atoms with Crippen molar-refractivity contribution in [3.8, 4) is 0 Å². The van der Waals surface area contributed by atoms with Crippen LogP contribution in [0.5, 0.6) is 0 Å². The smallest absolute Gasteiger partial charge is 0.0141 e. The molecule has 0 aromatic rings. The molecule has 10 heavy (non-hydrogen) atoms. The molecule has 0 N–H and O–H groups in total. The Kier molecular flexibility index (Phi) is 3.27. The molecule has 0 saturated heterocycles. The van der Waals surface area contributed by atoms with Crippen LogP contribution in [0.3, 0.4) is 0 Å². The fourth-order valence-electron chi connectivity index (χ4n) is 1.53. The van der Waals surface area contributed by atoms with Gasteiger partial charge < -0.3 is 0 Å². The fraction of sp³-hybridized carbons (Fsp3) is 0.778. The Bertz CT molecular complexity index is 127. The molecule has 0 aromatic heterocycles. The Morgan fingerprint density at radius 2 is 2.50 bits per heavy atom. The van der Waals surface area contributed by atoms with Gasteiger partial charge >= 0.3 is 0 Å². The van der Waals surface area contributed by atoms with Crippen molar-refractivity contribution in [2.24, 2.45) is 5.92 Å². The summed E-state index contributed by atoms with van der Waals surface area (Å²) in [4.78, 5) is 0. The van der Waals surface area contributed by atoms with Crippen molar-refractivity contribution < 1.29 is 0 Å². The van der Waals surface area contributed by atoms with Gasteiger partial charge in [-0.3, -0.25) is 0 Å². The summed E-state index contributed by atoms with van der Waals surface area (Å²) in [7, 11) is 0. The van der Waals surface area contributed by atoms with E-state index in [0.717, 1.165) is 17.4 Å². The minimum absolute atomic E-state index is 0.924. The van der Waals surface area contributed by atoms with Crippen molar-refractivity contribution >= 4 is 11.6 Å². The molecule has 1 aliphatic carbocycles. The normalized spacial score (nSPS) is 26.2. The molecule has 0 bridgehead atoms. The Hall–Kier alpha value is 0.0300. The zero-order valence-corrected chi connectivity index (χ0v) is 7.32. The lowest BCUT2D eigenvalue weighted by atomic mass is 9.90. The maximum Gasteiger partial charge on any atom is 0.0141 e. The molecule has 0 heterocycles. The second-order valence-corrected chi connectivity index (χ2v) is 3.57. The third-order valence-electron chi connectivity index (χ3n) is 2.16. The highest BCUT2D eigenvalue weighted by Crippen LogP contribution is 2.28. The van der Waals surface area contributed by atoms with Crippen LogP contribution in [0, 0.1) is 5.92 Å². The molecule has 58 valence electrons. The van der Waals surface area contributed by atoms with Gasteiger partial charge in [0.25, 0.3) is 0 Å². The molecule has 0 aliphatic heterocycles. The maximum absolute atomic E-state index is 5.84. The second-order valence-electron chi connectivity index (χ2n) is 3.08. The van der Waals surface area contributed by atoms with E-state index in [1.165, 1.54) is 25.7 Å². The van der Waals surface area contributed by atoms with E-state index in [1.54, 1.807) is 0 Å². The van der Waals surface area contributed by atoms with Crippen molar-refractivity contribution in [2.45, 2.75) is 39.0 Å². The molecule has 1 aliphatic rings. The van der Waals surface area contributed by atoms with Crippen LogP contribution >= 0.6 is 11.6 Å². The monoisotopic (exact) mass is 158 g/mol. The zero-order valence-electron chi connectivity index (χ0n) is 6.57. The van der Waals surface area contributed by atoms with Gasteiger partial charge in [0.2, 0.25) is 0 Å². The van der Waals surface area contributed by atoms with Gasteiger partial charge in [-0.15, -0.1) is 0 Å². The predicted octanol–water partition coefficient (Wildman–Crippen LogP) is 3.71. The summed E-state index contributed by atoms with van der Waals surface area (Å²) in [5, 5.41) is 1.08. The lowest BCUT2D eigenvalue weighted by molar-refractivity contribution is 0.438. The van der Waals surface area contributed by atoms with Crippen molar-refractivity contribution in [3.05, 3.63) is 11.1 Å². The van der Waals surface area contributed by atoms with E-state index < -0.39 is 0 Å². The molecule has 0 radical (unpaired) electrons. The minimum Gasteiger partial charge on any atom is -0.0895 e. The molecular formula is C9H15Cl. The number of hydrogen-bond donors (Lipinski definition) is 0. The average molecular weight is 159 g/mol. The molecule has 1 atom stereocenters. The van der Waals surface area contributed by atoms with Crippen molar-refractivity contribution in [2.75, 3.05) is 0 Å². The highest BCUT2D eigenvalue weighted by molar-refractivity contribution is 6.29. The number of halogens is 1. The van der Waals surface area contributed by atoms with Crippen LogP contribution in [0.25, 0.3) is 0 Å². The Labute approximate surface area is 68.3 Å². The Balaban J connectivity index is 2.27. The molecule has 1 heteroatoms. The lowest BCUT2D eigenvalue weighted by Crippen LogP contribution is -2.02. The van der Waals surface area contributed by atoms with Crippen molar-refractivity contribution in [1.29, 1.82) is 0 Å². The fourth-order valence-corrected chi connectivity index (χ4v) is 1.73. The largest absolute Gasteiger partial charge is 0.0895 e. The van der Waals surface area contributed by atoms with Crippen LogP contribution in [-0.4, -0.2) is 0 Å². The molecule has 0 saturated carbocycles. The van der Waals surface area contributed by atoms with Gasteiger partial charge in [0.15, 0.2) is 0 Å². The van der Waals surface area contributed by atoms with Crippen LogP contribution < -0.4 is 0 Å². The van der Waals surface area contributed by atoms with E-state index in [2.05, 4.69) is 13.0 Å². The molecule has 1 rings (SSSR count). The van der Waals surface area contributed by atoms with Gasteiger partial charge in [0.05, 0.1) is 0 Å². The first kappa shape index (κ1) is 8.13. The highest BCUT2D eigenvalue weighted by atomic mass is 35.5. The predicted molar refractivity (Wildman–Crippen MR) is 46.2 cm³/mol. The third kappa shape index (κ3) is 2.34. The van der Waals surface area contributed by atoms with Gasteiger partial charge in [0.1, 0.15) is 0 Å². The Morgan fingerprint density at radius 1 is 1.70 bits per heavy atom. The number of allylic oxidation sites excluding steroid dienone is 2. The first-order valence-corrected chi connectivity index (χ1v) is 4.55. The van der Waals surface area contributed by atoms with E-state index in [9.17, 15) is 0 Å². The van der Waals surface area contributed by atoms with Crippen molar-refractivity contribution in [1.82, 2.24) is 0 Å². The molecule has 0 aromatic carbocycles. The first-order chi connectivity index (χ1) is 4.83. The van der Waals surface area contributed by atoms with E-state index in [4.69, 9.17) is 11.6 Å². The SMILES string of the molecule is CCCC1CC=C(Cl)CC1. The van der Waals surface area contributed by atoms with Crippen LogP contribution in [-0.2, 0) is 0 Å². The van der Waals surface area contributed by atoms with Gasteiger partial charge in [0, 0.05) is 5.03 Å². The summed E-state index contributed by atoms with van der Waals surface area (Å²) < 4.78 is 0. The highest BCUT2D eigenvalue weighted by Gasteiger charge is 2.11. The summed E-state index contributed by atoms with van der Waals surface area (Å²) in [6.07, 6.45) is 8.52. The molecule has 0 amide bonds. The summed E-state index contributed by atoms with van der Waals surface area (Å²) in [6, 6.07) is 0. The van der Waals surface area contributed by atoms with Gasteiger partial charge in [-0.2, -0.15) is 0 Å². The number of hydrogen-bond acceptors (Lipinski definition) is 0. The lowest BCUT2D eigenvalue weighted by Gasteiger charge is -2.17. The van der Waals surface area contributed by atoms with Crippen LogP contribution in [0.4, 0.5) is 0 Å². The summed E-state index contributed by atoms with van der Waals surface area (Å²) in [6.45, 7) is 2.25. The molecule has 0 spiro atoms. The first-order valence-electron chi connectivity index (χ1n) is 4.17. The van der Waals surface area contributed by atoms with E-state index in [0.29, 0.717) is 0 Å². The molecular weight excluding hydrogens is 144 g/mol. The van der Waals surface area contributed by atoms with Crippen LogP contribution in [0.2, 0.25) is 0 Å². The standard InChI is InChI=1S/C9H15Cl/c1-2-3-8-4-6-9(10)7-5-8/h6,8H,2-5,7H2,1H3. The third-order valence-corrected chi connectivity index (χ3v) is 2.50. The van der Waals surface area contributed by atoms with Gasteiger partial charge in [-0.05, 0) is 25.2 Å². The number of rotatable bonds is 2. The van der Waals surface area contributed by atoms with E-state index >= 15 is 0 Å². The van der Waals surface area contributed by atoms with Gasteiger partial charge in [-0.25, -0.2) is 0 Å². The van der Waals surface area contributed by atoms with Crippen molar-refractivity contribution in [3.63, 3.8) is 0 Å². The second kappa shape index (κ2) is 4.02. The topological polar surface area (TPSA) is 0 Å². The molecule has 0 fully saturated rings. The van der Waals surface area contributed by atoms with Gasteiger partial charge in [-0.1, -0.05) is 37.4 Å².